The van der Waals surface area contributed by atoms with E-state index in [-0.39, 0.29) is 11.8 Å². The molecule has 2 amide bonds. The molecule has 1 fully saturated rings. The summed E-state index contributed by atoms with van der Waals surface area (Å²) in [6.45, 7) is 4.09. The van der Waals surface area contributed by atoms with E-state index in [1.165, 1.54) is 0 Å². The normalized spacial score (nSPS) is 14.6. The Morgan fingerprint density at radius 3 is 2.11 bits per heavy atom. The Hall–Kier alpha value is -3.15. The van der Waals surface area contributed by atoms with E-state index in [0.717, 1.165) is 16.5 Å². The number of rotatable bonds is 2. The SMILES string of the molecule is Cc1ccc(C(=O)N2CCN(C(=O)c3nn(C)c4ccccc34)CC2)cc1. The Morgan fingerprint density at radius 1 is 0.852 bits per heavy atom. The molecular formula is C21H22N4O2. The molecule has 2 heterocycles. The van der Waals surface area contributed by atoms with Crippen molar-refractivity contribution < 1.29 is 9.59 Å². The molecule has 0 bridgehead atoms. The smallest absolute Gasteiger partial charge is 0.275 e. The molecule has 1 saturated heterocycles. The van der Waals surface area contributed by atoms with Crippen molar-refractivity contribution in [2.75, 3.05) is 26.2 Å². The van der Waals surface area contributed by atoms with E-state index in [2.05, 4.69) is 5.10 Å². The van der Waals surface area contributed by atoms with Gasteiger partial charge < -0.3 is 9.80 Å². The van der Waals surface area contributed by atoms with Crippen molar-refractivity contribution in [3.05, 3.63) is 65.4 Å². The predicted octanol–water partition coefficient (Wildman–Crippen LogP) is 2.48. The van der Waals surface area contributed by atoms with Crippen molar-refractivity contribution in [1.29, 1.82) is 0 Å². The Labute approximate surface area is 158 Å². The predicted molar refractivity (Wildman–Crippen MR) is 104 cm³/mol. The number of carbonyl (C=O) groups excluding carboxylic acids is 2. The fraction of sp³-hybridized carbons (Fsp3) is 0.286. The first-order valence-electron chi connectivity index (χ1n) is 9.11. The second kappa shape index (κ2) is 6.87. The quantitative estimate of drug-likeness (QED) is 0.704. The molecule has 6 nitrogen and oxygen atoms in total. The average Bonchev–Trinajstić information content (AvgIpc) is 3.05. The van der Waals surface area contributed by atoms with Gasteiger partial charge in [0.1, 0.15) is 0 Å². The first-order chi connectivity index (χ1) is 13.0. The summed E-state index contributed by atoms with van der Waals surface area (Å²) in [4.78, 5) is 29.2. The molecule has 4 rings (SSSR count). The molecule has 0 atom stereocenters. The van der Waals surface area contributed by atoms with Gasteiger partial charge in [0.05, 0.1) is 5.52 Å². The van der Waals surface area contributed by atoms with E-state index in [1.54, 1.807) is 9.58 Å². The van der Waals surface area contributed by atoms with Crippen molar-refractivity contribution in [2.45, 2.75) is 6.92 Å². The van der Waals surface area contributed by atoms with Crippen molar-refractivity contribution in [3.63, 3.8) is 0 Å². The fourth-order valence-electron chi connectivity index (χ4n) is 3.51. The van der Waals surface area contributed by atoms with Crippen LogP contribution in [0.1, 0.15) is 26.4 Å². The Balaban J connectivity index is 1.46. The van der Waals surface area contributed by atoms with E-state index in [0.29, 0.717) is 37.4 Å². The van der Waals surface area contributed by atoms with Crippen LogP contribution in [0.15, 0.2) is 48.5 Å². The second-order valence-corrected chi connectivity index (χ2v) is 6.94. The number of piperazine rings is 1. The average molecular weight is 362 g/mol. The van der Waals surface area contributed by atoms with Crippen LogP contribution in [-0.4, -0.2) is 57.6 Å². The topological polar surface area (TPSA) is 58.4 Å². The van der Waals surface area contributed by atoms with Gasteiger partial charge in [-0.25, -0.2) is 0 Å². The molecule has 1 aliphatic rings. The number of aromatic nitrogens is 2. The highest BCUT2D eigenvalue weighted by Gasteiger charge is 2.27. The van der Waals surface area contributed by atoms with Gasteiger partial charge in [-0.05, 0) is 25.1 Å². The first-order valence-corrected chi connectivity index (χ1v) is 9.11. The Bertz CT molecular complexity index is 999. The summed E-state index contributed by atoms with van der Waals surface area (Å²) in [5, 5.41) is 5.28. The highest BCUT2D eigenvalue weighted by Crippen LogP contribution is 2.20. The van der Waals surface area contributed by atoms with Crippen LogP contribution in [-0.2, 0) is 7.05 Å². The minimum atomic E-state index is -0.0748. The van der Waals surface area contributed by atoms with Crippen molar-refractivity contribution >= 4 is 22.7 Å². The monoisotopic (exact) mass is 362 g/mol. The molecule has 0 N–H and O–H groups in total. The van der Waals surface area contributed by atoms with Crippen LogP contribution in [0.3, 0.4) is 0 Å². The van der Waals surface area contributed by atoms with Crippen molar-refractivity contribution in [1.82, 2.24) is 19.6 Å². The summed E-state index contributed by atoms with van der Waals surface area (Å²) in [5.74, 6) is -0.0559. The second-order valence-electron chi connectivity index (χ2n) is 6.94. The van der Waals surface area contributed by atoms with Crippen LogP contribution in [0, 0.1) is 6.92 Å². The fourth-order valence-corrected chi connectivity index (χ4v) is 3.51. The van der Waals surface area contributed by atoms with Gasteiger partial charge in [0.15, 0.2) is 5.69 Å². The zero-order chi connectivity index (χ0) is 19.0. The number of amides is 2. The molecule has 1 aliphatic heterocycles. The zero-order valence-corrected chi connectivity index (χ0v) is 15.6. The number of hydrogen-bond acceptors (Lipinski definition) is 3. The first kappa shape index (κ1) is 17.3. The maximum Gasteiger partial charge on any atom is 0.275 e. The Kier molecular flexibility index (Phi) is 4.39. The number of aryl methyl sites for hydroxylation is 2. The number of hydrogen-bond donors (Lipinski definition) is 0. The minimum absolute atomic E-state index is 0.0189. The molecule has 0 radical (unpaired) electrons. The standard InChI is InChI=1S/C21H22N4O2/c1-15-7-9-16(10-8-15)20(26)24-11-13-25(14-12-24)21(27)19-17-5-3-4-6-18(17)23(2)22-19/h3-10H,11-14H2,1-2H3. The lowest BCUT2D eigenvalue weighted by atomic mass is 10.1. The third kappa shape index (κ3) is 3.18. The molecule has 0 aliphatic carbocycles. The van der Waals surface area contributed by atoms with E-state index in [9.17, 15) is 9.59 Å². The molecule has 0 spiro atoms. The number of para-hydroxylation sites is 1. The molecule has 0 unspecified atom stereocenters. The molecular weight excluding hydrogens is 340 g/mol. The molecule has 0 saturated carbocycles. The summed E-state index contributed by atoms with van der Waals surface area (Å²) < 4.78 is 1.74. The summed E-state index contributed by atoms with van der Waals surface area (Å²) in [6.07, 6.45) is 0. The summed E-state index contributed by atoms with van der Waals surface area (Å²) in [7, 11) is 1.84. The third-order valence-corrected chi connectivity index (χ3v) is 5.11. The highest BCUT2D eigenvalue weighted by molar-refractivity contribution is 6.05. The maximum absolute atomic E-state index is 13.0. The van der Waals surface area contributed by atoms with Crippen molar-refractivity contribution in [2.24, 2.45) is 7.05 Å². The minimum Gasteiger partial charge on any atom is -0.335 e. The van der Waals surface area contributed by atoms with E-state index in [1.807, 2.05) is 67.4 Å². The van der Waals surface area contributed by atoms with E-state index < -0.39 is 0 Å². The lowest BCUT2D eigenvalue weighted by molar-refractivity contribution is 0.0533. The Morgan fingerprint density at radius 2 is 1.44 bits per heavy atom. The van der Waals surface area contributed by atoms with Crippen molar-refractivity contribution in [3.8, 4) is 0 Å². The van der Waals surface area contributed by atoms with Gasteiger partial charge in [-0.2, -0.15) is 5.10 Å². The molecule has 6 heteroatoms. The van der Waals surface area contributed by atoms with Gasteiger partial charge in [-0.15, -0.1) is 0 Å². The van der Waals surface area contributed by atoms with Crippen LogP contribution in [0.2, 0.25) is 0 Å². The lowest BCUT2D eigenvalue weighted by Crippen LogP contribution is -2.50. The molecule has 2 aromatic carbocycles. The maximum atomic E-state index is 13.0. The van der Waals surface area contributed by atoms with E-state index in [4.69, 9.17) is 0 Å². The molecule has 138 valence electrons. The van der Waals surface area contributed by atoms with Crippen LogP contribution < -0.4 is 0 Å². The number of nitrogens with zero attached hydrogens (tertiary/aromatic N) is 4. The van der Waals surface area contributed by atoms with Gasteiger partial charge in [-0.3, -0.25) is 14.3 Å². The van der Waals surface area contributed by atoms with Gasteiger partial charge in [-0.1, -0.05) is 35.9 Å². The summed E-state index contributed by atoms with van der Waals surface area (Å²) >= 11 is 0. The van der Waals surface area contributed by atoms with Gasteiger partial charge in [0, 0.05) is 44.2 Å². The lowest BCUT2D eigenvalue weighted by Gasteiger charge is -2.34. The zero-order valence-electron chi connectivity index (χ0n) is 15.6. The number of benzene rings is 2. The summed E-state index contributed by atoms with van der Waals surface area (Å²) in [5.41, 5.74) is 3.24. The number of fused-ring (bicyclic) bond motifs is 1. The largest absolute Gasteiger partial charge is 0.335 e. The van der Waals surface area contributed by atoms with Crippen LogP contribution in [0.25, 0.3) is 10.9 Å². The molecule has 1 aromatic heterocycles. The molecule has 3 aromatic rings. The third-order valence-electron chi connectivity index (χ3n) is 5.11. The van der Waals surface area contributed by atoms with Gasteiger partial charge >= 0.3 is 0 Å². The van der Waals surface area contributed by atoms with Gasteiger partial charge in [0.2, 0.25) is 0 Å². The molecule has 27 heavy (non-hydrogen) atoms. The van der Waals surface area contributed by atoms with Crippen LogP contribution in [0.4, 0.5) is 0 Å². The number of carbonyl (C=O) groups is 2. The highest BCUT2D eigenvalue weighted by atomic mass is 16.2. The van der Waals surface area contributed by atoms with Gasteiger partial charge in [0.25, 0.3) is 11.8 Å². The van der Waals surface area contributed by atoms with Crippen LogP contribution in [0.5, 0.6) is 0 Å². The van der Waals surface area contributed by atoms with Crippen LogP contribution >= 0.6 is 0 Å². The summed E-state index contributed by atoms with van der Waals surface area (Å²) in [6, 6.07) is 15.3. The van der Waals surface area contributed by atoms with E-state index >= 15 is 0 Å².